The summed E-state index contributed by atoms with van der Waals surface area (Å²) in [7, 11) is 1.90. The molecule has 0 bridgehead atoms. The Bertz CT molecular complexity index is 563. The summed E-state index contributed by atoms with van der Waals surface area (Å²) in [5, 5.41) is 10.2. The van der Waals surface area contributed by atoms with E-state index in [4.69, 9.17) is 0 Å². The highest BCUT2D eigenvalue weighted by atomic mass is 32.1. The van der Waals surface area contributed by atoms with E-state index in [1.807, 2.05) is 24.8 Å². The molecule has 2 aromatic heterocycles. The molecule has 2 atom stereocenters. The fourth-order valence-electron chi connectivity index (χ4n) is 2.28. The van der Waals surface area contributed by atoms with Crippen LogP contribution < -0.4 is 5.32 Å². The Morgan fingerprint density at radius 2 is 2.53 bits per heavy atom. The number of thiazole rings is 1. The van der Waals surface area contributed by atoms with Crippen molar-refractivity contribution in [1.82, 2.24) is 20.1 Å². The van der Waals surface area contributed by atoms with E-state index in [0.29, 0.717) is 12.5 Å². The van der Waals surface area contributed by atoms with Gasteiger partial charge in [-0.3, -0.25) is 9.48 Å². The van der Waals surface area contributed by atoms with Crippen LogP contribution in [-0.2, 0) is 18.3 Å². The summed E-state index contributed by atoms with van der Waals surface area (Å²) in [4.78, 5) is 16.2. The molecule has 1 aliphatic rings. The van der Waals surface area contributed by atoms with Crippen molar-refractivity contribution < 1.29 is 4.79 Å². The van der Waals surface area contributed by atoms with E-state index in [2.05, 4.69) is 15.4 Å². The lowest BCUT2D eigenvalue weighted by atomic mass is 10.2. The third-order valence-electron chi connectivity index (χ3n) is 3.40. The third kappa shape index (κ3) is 2.84. The first-order valence-electron chi connectivity index (χ1n) is 6.38. The molecule has 2 aromatic rings. The highest BCUT2D eigenvalue weighted by molar-refractivity contribution is 7.09. The smallest absolute Gasteiger partial charge is 0.223 e. The molecule has 5 nitrogen and oxygen atoms in total. The van der Waals surface area contributed by atoms with E-state index >= 15 is 0 Å². The fraction of sp³-hybridized carbons (Fsp3) is 0.462. The first kappa shape index (κ1) is 12.3. The van der Waals surface area contributed by atoms with Gasteiger partial charge < -0.3 is 5.32 Å². The van der Waals surface area contributed by atoms with E-state index in [9.17, 15) is 4.79 Å². The number of nitrogens with zero attached hydrogens (tertiary/aromatic N) is 3. The van der Waals surface area contributed by atoms with Crippen molar-refractivity contribution in [2.45, 2.75) is 18.8 Å². The van der Waals surface area contributed by atoms with E-state index in [-0.39, 0.29) is 11.8 Å². The quantitative estimate of drug-likeness (QED) is 0.896. The Morgan fingerprint density at radius 1 is 1.63 bits per heavy atom. The molecule has 100 valence electrons. The number of aryl methyl sites for hydroxylation is 1. The summed E-state index contributed by atoms with van der Waals surface area (Å²) >= 11 is 1.63. The van der Waals surface area contributed by atoms with Gasteiger partial charge in [0.05, 0.1) is 11.2 Å². The lowest BCUT2D eigenvalue weighted by Crippen LogP contribution is -2.27. The Labute approximate surface area is 115 Å². The van der Waals surface area contributed by atoms with Crippen LogP contribution >= 0.6 is 11.3 Å². The van der Waals surface area contributed by atoms with Crippen molar-refractivity contribution in [3.8, 4) is 0 Å². The number of nitrogens with one attached hydrogen (secondary N) is 1. The molecule has 1 amide bonds. The lowest BCUT2D eigenvalue weighted by Gasteiger charge is -2.02. The maximum Gasteiger partial charge on any atom is 0.223 e. The SMILES string of the molecule is Cn1cc(C2CC2C(=O)NCCc2nccs2)cn1. The summed E-state index contributed by atoms with van der Waals surface area (Å²) in [5.74, 6) is 0.638. The van der Waals surface area contributed by atoms with Gasteiger partial charge in [0.25, 0.3) is 0 Å². The molecule has 0 saturated heterocycles. The maximum atomic E-state index is 12.0. The van der Waals surface area contributed by atoms with Gasteiger partial charge in [-0.2, -0.15) is 5.10 Å². The normalized spacial score (nSPS) is 21.3. The molecule has 6 heteroatoms. The number of hydrogen-bond acceptors (Lipinski definition) is 4. The van der Waals surface area contributed by atoms with Crippen LogP contribution in [0.3, 0.4) is 0 Å². The first-order valence-corrected chi connectivity index (χ1v) is 7.26. The van der Waals surface area contributed by atoms with E-state index in [1.165, 1.54) is 5.56 Å². The van der Waals surface area contributed by atoms with Gasteiger partial charge in [0.1, 0.15) is 0 Å². The average Bonchev–Trinajstić information content (AvgIpc) is 2.81. The summed E-state index contributed by atoms with van der Waals surface area (Å²) in [6, 6.07) is 0. The van der Waals surface area contributed by atoms with Crippen molar-refractivity contribution in [1.29, 1.82) is 0 Å². The fourth-order valence-corrected chi connectivity index (χ4v) is 2.91. The van der Waals surface area contributed by atoms with Gasteiger partial charge in [-0.05, 0) is 17.9 Å². The van der Waals surface area contributed by atoms with Crippen LogP contribution in [0.25, 0.3) is 0 Å². The minimum Gasteiger partial charge on any atom is -0.355 e. The molecule has 1 fully saturated rings. The second kappa shape index (κ2) is 5.13. The zero-order valence-corrected chi connectivity index (χ0v) is 11.6. The van der Waals surface area contributed by atoms with E-state index < -0.39 is 0 Å². The van der Waals surface area contributed by atoms with Crippen molar-refractivity contribution in [2.75, 3.05) is 6.54 Å². The van der Waals surface area contributed by atoms with Gasteiger partial charge in [-0.1, -0.05) is 0 Å². The van der Waals surface area contributed by atoms with Gasteiger partial charge in [-0.15, -0.1) is 11.3 Å². The van der Waals surface area contributed by atoms with Gasteiger partial charge in [-0.25, -0.2) is 4.98 Å². The monoisotopic (exact) mass is 276 g/mol. The molecule has 2 unspecified atom stereocenters. The Kier molecular flexibility index (Phi) is 3.33. The number of aromatic nitrogens is 3. The van der Waals surface area contributed by atoms with Crippen LogP contribution in [0.15, 0.2) is 24.0 Å². The largest absolute Gasteiger partial charge is 0.355 e. The molecule has 1 aliphatic carbocycles. The van der Waals surface area contributed by atoms with Crippen LogP contribution in [0.4, 0.5) is 0 Å². The maximum absolute atomic E-state index is 12.0. The predicted molar refractivity (Wildman–Crippen MR) is 72.9 cm³/mol. The first-order chi connectivity index (χ1) is 9.24. The molecule has 0 radical (unpaired) electrons. The molecule has 2 heterocycles. The number of hydrogen-bond donors (Lipinski definition) is 1. The number of carbonyl (C=O) groups is 1. The topological polar surface area (TPSA) is 59.8 Å². The van der Waals surface area contributed by atoms with Crippen molar-refractivity contribution in [3.05, 3.63) is 34.5 Å². The standard InChI is InChI=1S/C13H16N4OS/c1-17-8-9(7-16-17)10-6-11(10)13(18)15-3-2-12-14-4-5-19-12/h4-5,7-8,10-11H,2-3,6H2,1H3,(H,15,18). The molecule has 0 aliphatic heterocycles. The van der Waals surface area contributed by atoms with Crippen molar-refractivity contribution in [3.63, 3.8) is 0 Å². The molecule has 1 N–H and O–H groups in total. The molecule has 19 heavy (non-hydrogen) atoms. The van der Waals surface area contributed by atoms with E-state index in [1.54, 1.807) is 22.2 Å². The minimum atomic E-state index is 0.125. The molecular formula is C13H16N4OS. The van der Waals surface area contributed by atoms with Crippen LogP contribution in [0, 0.1) is 5.92 Å². The van der Waals surface area contributed by atoms with Crippen LogP contribution in [-0.4, -0.2) is 27.2 Å². The summed E-state index contributed by atoms with van der Waals surface area (Å²) < 4.78 is 1.78. The minimum absolute atomic E-state index is 0.125. The molecule has 0 spiro atoms. The highest BCUT2D eigenvalue weighted by Crippen LogP contribution is 2.47. The molecule has 1 saturated carbocycles. The summed E-state index contributed by atoms with van der Waals surface area (Å²) in [5.41, 5.74) is 1.17. The Morgan fingerprint density at radius 3 is 3.21 bits per heavy atom. The Hall–Kier alpha value is -1.69. The van der Waals surface area contributed by atoms with Gasteiger partial charge in [0.2, 0.25) is 5.91 Å². The molecule has 3 rings (SSSR count). The lowest BCUT2D eigenvalue weighted by molar-refractivity contribution is -0.122. The number of carbonyl (C=O) groups excluding carboxylic acids is 1. The zero-order valence-electron chi connectivity index (χ0n) is 10.7. The molecular weight excluding hydrogens is 260 g/mol. The second-order valence-electron chi connectivity index (χ2n) is 4.86. The van der Waals surface area contributed by atoms with Gasteiger partial charge >= 0.3 is 0 Å². The third-order valence-corrected chi connectivity index (χ3v) is 4.24. The van der Waals surface area contributed by atoms with E-state index in [0.717, 1.165) is 17.8 Å². The summed E-state index contributed by atoms with van der Waals surface area (Å²) in [6.07, 6.45) is 7.39. The van der Waals surface area contributed by atoms with Crippen molar-refractivity contribution in [2.24, 2.45) is 13.0 Å². The van der Waals surface area contributed by atoms with Crippen LogP contribution in [0.1, 0.15) is 22.9 Å². The second-order valence-corrected chi connectivity index (χ2v) is 5.84. The van der Waals surface area contributed by atoms with Crippen LogP contribution in [0.2, 0.25) is 0 Å². The molecule has 0 aromatic carbocycles. The summed E-state index contributed by atoms with van der Waals surface area (Å²) in [6.45, 7) is 0.669. The van der Waals surface area contributed by atoms with Crippen LogP contribution in [0.5, 0.6) is 0 Å². The highest BCUT2D eigenvalue weighted by Gasteiger charge is 2.44. The predicted octanol–water partition coefficient (Wildman–Crippen LogP) is 1.34. The average molecular weight is 276 g/mol. The van der Waals surface area contributed by atoms with Gasteiger partial charge in [0.15, 0.2) is 0 Å². The van der Waals surface area contributed by atoms with Gasteiger partial charge in [0, 0.05) is 43.7 Å². The zero-order chi connectivity index (χ0) is 13.2. The Balaban J connectivity index is 1.45. The van der Waals surface area contributed by atoms with Crippen molar-refractivity contribution >= 4 is 17.2 Å². The number of amides is 1. The number of rotatable bonds is 5.